The van der Waals surface area contributed by atoms with Crippen LogP contribution < -0.4 is 0 Å². The number of aliphatic hydroxyl groups is 1. The standard InChI is InChI=1S/C16H22N4O2/c1-10(2)20(9-11(3)21)16(22)14-7-5-13(6-8-14)15-17-12(4)18-19-15/h5-8,10-11,21H,9H2,1-4H3,(H,17,18,19). The van der Waals surface area contributed by atoms with Gasteiger partial charge in [-0.25, -0.2) is 4.98 Å². The molecule has 2 N–H and O–H groups in total. The van der Waals surface area contributed by atoms with Gasteiger partial charge in [-0.1, -0.05) is 12.1 Å². The first-order chi connectivity index (χ1) is 10.4. The summed E-state index contributed by atoms with van der Waals surface area (Å²) in [5, 5.41) is 16.4. The number of nitrogens with one attached hydrogen (secondary N) is 1. The van der Waals surface area contributed by atoms with Crippen molar-refractivity contribution in [3.05, 3.63) is 35.7 Å². The number of hydrogen-bond donors (Lipinski definition) is 2. The lowest BCUT2D eigenvalue weighted by molar-refractivity contribution is 0.0579. The summed E-state index contributed by atoms with van der Waals surface area (Å²) in [6, 6.07) is 7.21. The summed E-state index contributed by atoms with van der Waals surface area (Å²) in [7, 11) is 0. The number of rotatable bonds is 5. The number of H-pyrrole nitrogens is 1. The number of nitrogens with zero attached hydrogens (tertiary/aromatic N) is 3. The molecule has 0 saturated heterocycles. The Hall–Kier alpha value is -2.21. The Balaban J connectivity index is 2.19. The minimum Gasteiger partial charge on any atom is -0.392 e. The third-order valence-corrected chi connectivity index (χ3v) is 3.33. The monoisotopic (exact) mass is 302 g/mol. The molecule has 0 radical (unpaired) electrons. The summed E-state index contributed by atoms with van der Waals surface area (Å²) in [5.41, 5.74) is 1.44. The number of aliphatic hydroxyl groups excluding tert-OH is 1. The molecule has 2 aromatic rings. The van der Waals surface area contributed by atoms with Crippen molar-refractivity contribution in [1.82, 2.24) is 20.1 Å². The maximum absolute atomic E-state index is 12.6. The van der Waals surface area contributed by atoms with Gasteiger partial charge in [0.2, 0.25) is 0 Å². The normalized spacial score (nSPS) is 12.5. The first-order valence-corrected chi connectivity index (χ1v) is 7.37. The molecule has 6 heteroatoms. The third kappa shape index (κ3) is 3.71. The van der Waals surface area contributed by atoms with Gasteiger partial charge in [-0.2, -0.15) is 5.10 Å². The summed E-state index contributed by atoms with van der Waals surface area (Å²) in [6.07, 6.45) is -0.554. The minimum atomic E-state index is -0.554. The van der Waals surface area contributed by atoms with Crippen molar-refractivity contribution in [2.45, 2.75) is 39.8 Å². The average molecular weight is 302 g/mol. The summed E-state index contributed by atoms with van der Waals surface area (Å²) >= 11 is 0. The molecule has 0 aliphatic carbocycles. The topological polar surface area (TPSA) is 82.1 Å². The highest BCUT2D eigenvalue weighted by molar-refractivity contribution is 5.94. The summed E-state index contributed by atoms with van der Waals surface area (Å²) in [5.74, 6) is 1.27. The van der Waals surface area contributed by atoms with Crippen molar-refractivity contribution in [2.24, 2.45) is 0 Å². The maximum atomic E-state index is 12.6. The van der Waals surface area contributed by atoms with Crippen molar-refractivity contribution in [3.63, 3.8) is 0 Å². The number of benzene rings is 1. The molecule has 1 amide bonds. The molecule has 2 rings (SSSR count). The first kappa shape index (κ1) is 16.2. The summed E-state index contributed by atoms with van der Waals surface area (Å²) < 4.78 is 0. The predicted octanol–water partition coefficient (Wildman–Crippen LogP) is 2.01. The summed E-state index contributed by atoms with van der Waals surface area (Å²) in [4.78, 5) is 18.5. The fourth-order valence-corrected chi connectivity index (χ4v) is 2.21. The summed E-state index contributed by atoms with van der Waals surface area (Å²) in [6.45, 7) is 7.71. The van der Waals surface area contributed by atoms with E-state index in [-0.39, 0.29) is 11.9 Å². The molecular formula is C16H22N4O2. The smallest absolute Gasteiger partial charge is 0.254 e. The molecule has 22 heavy (non-hydrogen) atoms. The van der Waals surface area contributed by atoms with Crippen molar-refractivity contribution in [3.8, 4) is 11.4 Å². The molecule has 1 unspecified atom stereocenters. The van der Waals surface area contributed by atoms with Crippen LogP contribution in [0.15, 0.2) is 24.3 Å². The van der Waals surface area contributed by atoms with Crippen LogP contribution in [0, 0.1) is 6.92 Å². The SMILES string of the molecule is Cc1nc(-c2ccc(C(=O)N(CC(C)O)C(C)C)cc2)n[nH]1. The van der Waals surface area contributed by atoms with E-state index in [1.807, 2.05) is 32.9 Å². The molecule has 0 bridgehead atoms. The Morgan fingerprint density at radius 3 is 2.36 bits per heavy atom. The highest BCUT2D eigenvalue weighted by Gasteiger charge is 2.20. The molecular weight excluding hydrogens is 280 g/mol. The molecule has 118 valence electrons. The molecule has 0 saturated carbocycles. The molecule has 6 nitrogen and oxygen atoms in total. The fourth-order valence-electron chi connectivity index (χ4n) is 2.21. The third-order valence-electron chi connectivity index (χ3n) is 3.33. The second kappa shape index (κ2) is 6.70. The van der Waals surface area contributed by atoms with E-state index >= 15 is 0 Å². The van der Waals surface area contributed by atoms with E-state index in [1.54, 1.807) is 24.0 Å². The van der Waals surface area contributed by atoms with Crippen LogP contribution in [0.3, 0.4) is 0 Å². The van der Waals surface area contributed by atoms with Gasteiger partial charge in [0.1, 0.15) is 5.82 Å². The van der Waals surface area contributed by atoms with E-state index in [0.29, 0.717) is 17.9 Å². The van der Waals surface area contributed by atoms with Gasteiger partial charge in [-0.15, -0.1) is 0 Å². The van der Waals surface area contributed by atoms with E-state index in [9.17, 15) is 9.90 Å². The Morgan fingerprint density at radius 2 is 1.91 bits per heavy atom. The Kier molecular flexibility index (Phi) is 4.92. The van der Waals surface area contributed by atoms with Crippen molar-refractivity contribution < 1.29 is 9.90 Å². The quantitative estimate of drug-likeness (QED) is 0.885. The van der Waals surface area contributed by atoms with Gasteiger partial charge < -0.3 is 10.0 Å². The van der Waals surface area contributed by atoms with Gasteiger partial charge in [0, 0.05) is 23.7 Å². The van der Waals surface area contributed by atoms with Crippen LogP contribution in [0.25, 0.3) is 11.4 Å². The van der Waals surface area contributed by atoms with Crippen LogP contribution in [0.5, 0.6) is 0 Å². The van der Waals surface area contributed by atoms with Gasteiger partial charge in [-0.3, -0.25) is 9.89 Å². The number of aryl methyl sites for hydroxylation is 1. The molecule has 1 atom stereocenters. The maximum Gasteiger partial charge on any atom is 0.254 e. The Morgan fingerprint density at radius 1 is 1.27 bits per heavy atom. The van der Waals surface area contributed by atoms with Crippen LogP contribution in [-0.2, 0) is 0 Å². The van der Waals surface area contributed by atoms with E-state index in [4.69, 9.17) is 0 Å². The molecule has 0 fully saturated rings. The fraction of sp³-hybridized carbons (Fsp3) is 0.438. The highest BCUT2D eigenvalue weighted by Crippen LogP contribution is 2.17. The second-order valence-electron chi connectivity index (χ2n) is 5.72. The zero-order valence-electron chi connectivity index (χ0n) is 13.4. The number of aromatic amines is 1. The van der Waals surface area contributed by atoms with Crippen LogP contribution in [0.2, 0.25) is 0 Å². The second-order valence-corrected chi connectivity index (χ2v) is 5.72. The van der Waals surface area contributed by atoms with Crippen LogP contribution >= 0.6 is 0 Å². The minimum absolute atomic E-state index is 0.0254. The zero-order chi connectivity index (χ0) is 16.3. The number of carbonyl (C=O) groups excluding carboxylic acids is 1. The van der Waals surface area contributed by atoms with Gasteiger partial charge in [-0.05, 0) is 39.8 Å². The first-order valence-electron chi connectivity index (χ1n) is 7.37. The lowest BCUT2D eigenvalue weighted by Crippen LogP contribution is -2.41. The lowest BCUT2D eigenvalue weighted by Gasteiger charge is -2.28. The van der Waals surface area contributed by atoms with Gasteiger partial charge in [0.25, 0.3) is 5.91 Å². The Labute approximate surface area is 130 Å². The van der Waals surface area contributed by atoms with Gasteiger partial charge in [0.05, 0.1) is 6.10 Å². The van der Waals surface area contributed by atoms with Crippen LogP contribution in [0.1, 0.15) is 37.0 Å². The van der Waals surface area contributed by atoms with E-state index in [0.717, 1.165) is 11.4 Å². The molecule has 0 aliphatic rings. The molecule has 0 spiro atoms. The Bertz CT molecular complexity index is 632. The molecule has 0 aliphatic heterocycles. The van der Waals surface area contributed by atoms with E-state index in [2.05, 4.69) is 15.2 Å². The molecule has 1 aromatic heterocycles. The predicted molar refractivity (Wildman–Crippen MR) is 84.4 cm³/mol. The van der Waals surface area contributed by atoms with E-state index in [1.165, 1.54) is 0 Å². The van der Waals surface area contributed by atoms with E-state index < -0.39 is 6.10 Å². The van der Waals surface area contributed by atoms with Crippen LogP contribution in [0.4, 0.5) is 0 Å². The lowest BCUT2D eigenvalue weighted by atomic mass is 10.1. The van der Waals surface area contributed by atoms with Crippen molar-refractivity contribution >= 4 is 5.91 Å². The average Bonchev–Trinajstić information content (AvgIpc) is 2.90. The van der Waals surface area contributed by atoms with Crippen LogP contribution in [-0.4, -0.2) is 49.8 Å². The zero-order valence-corrected chi connectivity index (χ0v) is 13.4. The number of aromatic nitrogens is 3. The van der Waals surface area contributed by atoms with Crippen molar-refractivity contribution in [1.29, 1.82) is 0 Å². The number of carbonyl (C=O) groups is 1. The largest absolute Gasteiger partial charge is 0.392 e. The van der Waals surface area contributed by atoms with Crippen molar-refractivity contribution in [2.75, 3.05) is 6.54 Å². The number of amides is 1. The molecule has 1 heterocycles. The number of hydrogen-bond acceptors (Lipinski definition) is 4. The molecule has 1 aromatic carbocycles. The van der Waals surface area contributed by atoms with Gasteiger partial charge in [0.15, 0.2) is 5.82 Å². The van der Waals surface area contributed by atoms with Gasteiger partial charge >= 0.3 is 0 Å². The highest BCUT2D eigenvalue weighted by atomic mass is 16.3.